The number of halogens is 1. The first-order valence-corrected chi connectivity index (χ1v) is 17.8. The lowest BCUT2D eigenvalue weighted by Gasteiger charge is -2.19. The largest absolute Gasteiger partial charge is 0.493 e. The molecule has 2 aromatic heterocycles. The van der Waals surface area contributed by atoms with Gasteiger partial charge in [-0.3, -0.25) is 4.98 Å². The smallest absolute Gasteiger partial charge is 0.223 e. The van der Waals surface area contributed by atoms with Gasteiger partial charge in [0, 0.05) is 62.7 Å². The molecule has 0 saturated carbocycles. The molecule has 270 valence electrons. The molecule has 0 amide bonds. The molecule has 11 nitrogen and oxygen atoms in total. The predicted molar refractivity (Wildman–Crippen MR) is 197 cm³/mol. The van der Waals surface area contributed by atoms with E-state index in [1.165, 1.54) is 6.20 Å². The van der Waals surface area contributed by atoms with E-state index < -0.39 is 0 Å². The number of hydrogen-bond donors (Lipinski definition) is 2. The van der Waals surface area contributed by atoms with Crippen LogP contribution in [0, 0.1) is 32.1 Å². The van der Waals surface area contributed by atoms with Gasteiger partial charge < -0.3 is 34.1 Å². The minimum atomic E-state index is -0.205. The Kier molecular flexibility index (Phi) is 12.4. The van der Waals surface area contributed by atoms with E-state index in [0.29, 0.717) is 60.1 Å². The lowest BCUT2D eigenvalue weighted by molar-refractivity contribution is 0.173. The zero-order valence-electron chi connectivity index (χ0n) is 29.7. The summed E-state index contributed by atoms with van der Waals surface area (Å²) in [6.45, 7) is 10.5. The third-order valence-corrected chi connectivity index (χ3v) is 9.42. The molecular weight excluding hydrogens is 680 g/mol. The number of likely N-dealkylation sites (tertiary alicyclic amines) is 1. The molecule has 2 N–H and O–H groups in total. The summed E-state index contributed by atoms with van der Waals surface area (Å²) in [7, 11) is 0. The van der Waals surface area contributed by atoms with Gasteiger partial charge in [-0.1, -0.05) is 47.1 Å². The van der Waals surface area contributed by atoms with Crippen molar-refractivity contribution in [1.82, 2.24) is 25.3 Å². The van der Waals surface area contributed by atoms with Gasteiger partial charge in [0.2, 0.25) is 5.89 Å². The molecule has 1 unspecified atom stereocenters. The first-order chi connectivity index (χ1) is 25.3. The quantitative estimate of drug-likeness (QED) is 0.103. The van der Waals surface area contributed by atoms with Crippen molar-refractivity contribution < 1.29 is 23.8 Å². The molecule has 52 heavy (non-hydrogen) atoms. The molecule has 6 rings (SSSR count). The second-order valence-corrected chi connectivity index (χ2v) is 13.4. The second kappa shape index (κ2) is 17.5. The van der Waals surface area contributed by atoms with Gasteiger partial charge in [0.1, 0.15) is 36.5 Å². The summed E-state index contributed by atoms with van der Waals surface area (Å²) in [5, 5.41) is 26.8. The van der Waals surface area contributed by atoms with E-state index in [1.807, 2.05) is 24.3 Å². The van der Waals surface area contributed by atoms with Crippen LogP contribution in [0.5, 0.6) is 17.2 Å². The van der Waals surface area contributed by atoms with E-state index in [-0.39, 0.29) is 12.7 Å². The molecule has 1 fully saturated rings. The number of aryl methyl sites for hydroxylation is 1. The fraction of sp³-hybridized carbons (Fsp3) is 0.350. The number of β-amino-alcohol motifs (C(OH)–C–C–N with tert-alkyl or cyclic N) is 1. The van der Waals surface area contributed by atoms with Crippen LogP contribution in [0.2, 0.25) is 5.02 Å². The first kappa shape index (κ1) is 36.8. The first-order valence-electron chi connectivity index (χ1n) is 17.4. The number of nitrogens with zero attached hydrogens (tertiary/aromatic N) is 5. The van der Waals surface area contributed by atoms with Crippen LogP contribution in [0.15, 0.2) is 71.5 Å². The Hall–Kier alpha value is -4.99. The van der Waals surface area contributed by atoms with Crippen molar-refractivity contribution in [2.24, 2.45) is 0 Å². The molecule has 0 spiro atoms. The normalized spacial score (nSPS) is 14.3. The highest BCUT2D eigenvalue weighted by atomic mass is 35.5. The number of nitrogens with one attached hydrogen (secondary N) is 1. The number of ether oxygens (including phenoxy) is 3. The molecule has 0 aliphatic carbocycles. The van der Waals surface area contributed by atoms with Crippen molar-refractivity contribution >= 4 is 11.6 Å². The van der Waals surface area contributed by atoms with E-state index in [2.05, 4.69) is 63.5 Å². The van der Waals surface area contributed by atoms with E-state index in [4.69, 9.17) is 30.3 Å². The molecule has 0 radical (unpaired) electrons. The van der Waals surface area contributed by atoms with Gasteiger partial charge >= 0.3 is 0 Å². The average Bonchev–Trinajstić information content (AvgIpc) is 3.77. The van der Waals surface area contributed by atoms with Crippen LogP contribution in [-0.4, -0.2) is 57.5 Å². The van der Waals surface area contributed by atoms with Gasteiger partial charge in [0.05, 0.1) is 29.8 Å². The standard InChI is InChI=1S/C40H43ClN6O5/c1-26-31(7-4-8-34(26)35-9-5-10-37(27(35)2)49-14-6-12-47-13-11-33(48)23-47)25-51-39-17-38(50-24-30-15-29(18-42)19-43-20-30)32(16-36(39)41)21-44-22-40-45-28(3)52-46-40/h4-5,7-10,15-17,19-20,33,44,48H,6,11-14,21-25H2,1-3H3. The number of aliphatic hydroxyl groups is 1. The van der Waals surface area contributed by atoms with Crippen LogP contribution >= 0.6 is 11.6 Å². The average molecular weight is 723 g/mol. The van der Waals surface area contributed by atoms with Crippen molar-refractivity contribution in [2.75, 3.05) is 26.2 Å². The van der Waals surface area contributed by atoms with Gasteiger partial charge in [-0.25, -0.2) is 0 Å². The summed E-state index contributed by atoms with van der Waals surface area (Å²) in [5.74, 6) is 2.98. The third kappa shape index (κ3) is 9.46. The Morgan fingerprint density at radius 3 is 2.52 bits per heavy atom. The summed E-state index contributed by atoms with van der Waals surface area (Å²) in [6, 6.07) is 19.9. The maximum atomic E-state index is 9.79. The minimum Gasteiger partial charge on any atom is -0.493 e. The molecule has 3 aromatic carbocycles. The highest BCUT2D eigenvalue weighted by Crippen LogP contribution is 2.36. The van der Waals surface area contributed by atoms with Crippen molar-refractivity contribution in [3.63, 3.8) is 0 Å². The summed E-state index contributed by atoms with van der Waals surface area (Å²) in [5.41, 5.74) is 7.46. The minimum absolute atomic E-state index is 0.201. The number of rotatable bonds is 16. The Balaban J connectivity index is 1.15. The van der Waals surface area contributed by atoms with Gasteiger partial charge in [-0.05, 0) is 72.7 Å². The van der Waals surface area contributed by atoms with E-state index in [9.17, 15) is 10.4 Å². The Morgan fingerprint density at radius 2 is 1.75 bits per heavy atom. The highest BCUT2D eigenvalue weighted by molar-refractivity contribution is 6.32. The van der Waals surface area contributed by atoms with Crippen molar-refractivity contribution in [3.8, 4) is 34.4 Å². The molecule has 1 saturated heterocycles. The number of pyridine rings is 1. The molecule has 12 heteroatoms. The van der Waals surface area contributed by atoms with Gasteiger partial charge in [0.25, 0.3) is 0 Å². The maximum Gasteiger partial charge on any atom is 0.223 e. The molecule has 3 heterocycles. The molecule has 1 atom stereocenters. The topological polar surface area (TPSA) is 139 Å². The second-order valence-electron chi connectivity index (χ2n) is 13.0. The zero-order chi connectivity index (χ0) is 36.5. The lowest BCUT2D eigenvalue weighted by atomic mass is 9.93. The van der Waals surface area contributed by atoms with Crippen LogP contribution in [0.3, 0.4) is 0 Å². The van der Waals surface area contributed by atoms with Crippen LogP contribution in [0.25, 0.3) is 11.1 Å². The Bertz CT molecular complexity index is 2030. The van der Waals surface area contributed by atoms with E-state index in [1.54, 1.807) is 25.3 Å². The van der Waals surface area contributed by atoms with Gasteiger partial charge in [-0.2, -0.15) is 10.2 Å². The Labute approximate surface area is 309 Å². The number of aromatic nitrogens is 3. The summed E-state index contributed by atoms with van der Waals surface area (Å²) in [4.78, 5) is 10.7. The molecule has 1 aliphatic heterocycles. The number of nitriles is 1. The lowest BCUT2D eigenvalue weighted by Crippen LogP contribution is -2.24. The van der Waals surface area contributed by atoms with E-state index >= 15 is 0 Å². The fourth-order valence-electron chi connectivity index (χ4n) is 6.31. The molecule has 0 bridgehead atoms. The van der Waals surface area contributed by atoms with Crippen LogP contribution in [0.4, 0.5) is 0 Å². The molecular formula is C40H43ClN6O5. The number of aliphatic hydroxyl groups excluding tert-OH is 1. The Morgan fingerprint density at radius 1 is 0.942 bits per heavy atom. The van der Waals surface area contributed by atoms with E-state index in [0.717, 1.165) is 77.2 Å². The number of benzene rings is 3. The molecule has 1 aliphatic rings. The highest BCUT2D eigenvalue weighted by Gasteiger charge is 2.20. The molecule has 5 aromatic rings. The number of hydrogen-bond acceptors (Lipinski definition) is 11. The summed E-state index contributed by atoms with van der Waals surface area (Å²) >= 11 is 6.80. The SMILES string of the molecule is Cc1nc(CNCc2cc(Cl)c(OCc3cccc(-c4cccc(OCCCN5CCC(O)C5)c4C)c3C)cc2OCc2cncc(C#N)c2)no1. The van der Waals surface area contributed by atoms with Gasteiger partial charge in [0.15, 0.2) is 5.82 Å². The van der Waals surface area contributed by atoms with Crippen molar-refractivity contribution in [3.05, 3.63) is 117 Å². The summed E-state index contributed by atoms with van der Waals surface area (Å²) < 4.78 is 23.9. The third-order valence-electron chi connectivity index (χ3n) is 9.13. The predicted octanol–water partition coefficient (Wildman–Crippen LogP) is 6.87. The maximum absolute atomic E-state index is 9.79. The van der Waals surface area contributed by atoms with Gasteiger partial charge in [-0.15, -0.1) is 0 Å². The van der Waals surface area contributed by atoms with Crippen LogP contribution in [0.1, 0.15) is 57.9 Å². The fourth-order valence-corrected chi connectivity index (χ4v) is 6.55. The zero-order valence-corrected chi connectivity index (χ0v) is 30.4. The summed E-state index contributed by atoms with van der Waals surface area (Å²) in [6.07, 6.45) is 4.73. The van der Waals surface area contributed by atoms with Crippen molar-refractivity contribution in [2.45, 2.75) is 66.0 Å². The van der Waals surface area contributed by atoms with Crippen LogP contribution in [-0.2, 0) is 26.3 Å². The van der Waals surface area contributed by atoms with Crippen molar-refractivity contribution in [1.29, 1.82) is 5.26 Å². The monoisotopic (exact) mass is 722 g/mol. The van der Waals surface area contributed by atoms with Crippen LogP contribution < -0.4 is 19.5 Å².